The van der Waals surface area contributed by atoms with Gasteiger partial charge in [0.05, 0.1) is 6.54 Å². The van der Waals surface area contributed by atoms with Gasteiger partial charge in [-0.1, -0.05) is 78.3 Å². The number of aryl methyl sites for hydroxylation is 1. The van der Waals surface area contributed by atoms with Crippen molar-refractivity contribution in [2.45, 2.75) is 20.1 Å². The van der Waals surface area contributed by atoms with E-state index in [-0.39, 0.29) is 11.8 Å². The summed E-state index contributed by atoms with van der Waals surface area (Å²) in [6.45, 7) is 2.77. The van der Waals surface area contributed by atoms with Crippen LogP contribution in [0.1, 0.15) is 27.0 Å². The summed E-state index contributed by atoms with van der Waals surface area (Å²) in [5, 5.41) is 8.01. The standard InChI is InChI=1S/C25H22ClN3O2/c1-18-12-13-21(26)14-23(18)27-24(30)22-16-29(15-19-8-4-2-5-9-19)28-25(22)31-17-20-10-6-3-7-11-20/h2-14,16H,15,17H2,1H3,(H,27,30). The smallest absolute Gasteiger partial charge is 0.262 e. The zero-order valence-electron chi connectivity index (χ0n) is 17.1. The Morgan fingerprint density at radius 2 is 1.68 bits per heavy atom. The molecule has 156 valence electrons. The molecule has 0 aliphatic heterocycles. The van der Waals surface area contributed by atoms with E-state index in [1.54, 1.807) is 23.0 Å². The normalized spacial score (nSPS) is 10.6. The molecule has 0 fully saturated rings. The maximum Gasteiger partial charge on any atom is 0.262 e. The number of aromatic nitrogens is 2. The largest absolute Gasteiger partial charge is 0.471 e. The number of benzene rings is 3. The Hall–Kier alpha value is -3.57. The van der Waals surface area contributed by atoms with Gasteiger partial charge in [0.25, 0.3) is 5.91 Å². The maximum atomic E-state index is 13.1. The van der Waals surface area contributed by atoms with Gasteiger partial charge in [0.1, 0.15) is 12.2 Å². The summed E-state index contributed by atoms with van der Waals surface area (Å²) in [5.41, 5.74) is 4.02. The molecule has 4 rings (SSSR count). The van der Waals surface area contributed by atoms with Gasteiger partial charge in [0, 0.05) is 16.9 Å². The van der Waals surface area contributed by atoms with E-state index in [1.165, 1.54) is 0 Å². The van der Waals surface area contributed by atoms with Crippen molar-refractivity contribution in [1.29, 1.82) is 0 Å². The number of halogens is 1. The number of ether oxygens (including phenoxy) is 1. The minimum absolute atomic E-state index is 0.289. The van der Waals surface area contributed by atoms with Crippen molar-refractivity contribution in [2.24, 2.45) is 0 Å². The predicted molar refractivity (Wildman–Crippen MR) is 123 cm³/mol. The molecule has 1 heterocycles. The molecule has 6 heteroatoms. The van der Waals surface area contributed by atoms with Gasteiger partial charge in [-0.05, 0) is 35.7 Å². The van der Waals surface area contributed by atoms with E-state index in [9.17, 15) is 4.79 Å². The minimum atomic E-state index is -0.298. The van der Waals surface area contributed by atoms with Crippen LogP contribution in [0.4, 0.5) is 5.69 Å². The second kappa shape index (κ2) is 9.49. The van der Waals surface area contributed by atoms with E-state index in [0.717, 1.165) is 16.7 Å². The van der Waals surface area contributed by atoms with Gasteiger partial charge >= 0.3 is 0 Å². The third-order valence-electron chi connectivity index (χ3n) is 4.83. The Labute approximate surface area is 186 Å². The van der Waals surface area contributed by atoms with E-state index >= 15 is 0 Å². The number of anilines is 1. The van der Waals surface area contributed by atoms with Gasteiger partial charge in [-0.15, -0.1) is 5.10 Å². The molecule has 1 amide bonds. The molecule has 0 aliphatic carbocycles. The second-order valence-electron chi connectivity index (χ2n) is 7.22. The van der Waals surface area contributed by atoms with Crippen LogP contribution in [0.15, 0.2) is 85.1 Å². The Morgan fingerprint density at radius 3 is 2.39 bits per heavy atom. The predicted octanol–water partition coefficient (Wildman–Crippen LogP) is 5.72. The lowest BCUT2D eigenvalue weighted by molar-refractivity contribution is 0.102. The number of nitrogens with one attached hydrogen (secondary N) is 1. The third-order valence-corrected chi connectivity index (χ3v) is 5.06. The van der Waals surface area contributed by atoms with Crippen molar-refractivity contribution in [2.75, 3.05) is 5.32 Å². The fourth-order valence-corrected chi connectivity index (χ4v) is 3.33. The Bertz CT molecular complexity index is 1170. The first-order valence-corrected chi connectivity index (χ1v) is 10.3. The van der Waals surface area contributed by atoms with E-state index in [2.05, 4.69) is 10.4 Å². The van der Waals surface area contributed by atoms with Crippen LogP contribution in [0.3, 0.4) is 0 Å². The van der Waals surface area contributed by atoms with Crippen LogP contribution in [0.2, 0.25) is 5.02 Å². The molecule has 3 aromatic carbocycles. The molecule has 0 saturated carbocycles. The lowest BCUT2D eigenvalue weighted by Gasteiger charge is -2.09. The molecular formula is C25H22ClN3O2. The quantitative estimate of drug-likeness (QED) is 0.407. The Balaban J connectivity index is 1.60. The van der Waals surface area contributed by atoms with Gasteiger partial charge in [0.2, 0.25) is 5.88 Å². The topological polar surface area (TPSA) is 56.2 Å². The molecule has 31 heavy (non-hydrogen) atoms. The molecule has 0 bridgehead atoms. The number of hydrogen-bond donors (Lipinski definition) is 1. The number of carbonyl (C=O) groups is 1. The molecule has 0 spiro atoms. The molecular weight excluding hydrogens is 410 g/mol. The first kappa shape index (κ1) is 20.7. The lowest BCUT2D eigenvalue weighted by Crippen LogP contribution is -2.13. The molecule has 1 aromatic heterocycles. The van der Waals surface area contributed by atoms with Crippen molar-refractivity contribution in [3.05, 3.63) is 112 Å². The van der Waals surface area contributed by atoms with Gasteiger partial charge in [-0.3, -0.25) is 9.48 Å². The van der Waals surface area contributed by atoms with Gasteiger partial charge in [-0.25, -0.2) is 0 Å². The van der Waals surface area contributed by atoms with E-state index in [0.29, 0.717) is 29.4 Å². The van der Waals surface area contributed by atoms with Gasteiger partial charge in [-0.2, -0.15) is 0 Å². The summed E-state index contributed by atoms with van der Waals surface area (Å²) in [6.07, 6.45) is 1.71. The summed E-state index contributed by atoms with van der Waals surface area (Å²) in [5.74, 6) is -0.00953. The number of hydrogen-bond acceptors (Lipinski definition) is 3. The molecule has 0 radical (unpaired) electrons. The first-order chi connectivity index (χ1) is 15.1. The first-order valence-electron chi connectivity index (χ1n) is 9.94. The molecule has 0 atom stereocenters. The lowest BCUT2D eigenvalue weighted by atomic mass is 10.2. The molecule has 0 aliphatic rings. The van der Waals surface area contributed by atoms with Crippen LogP contribution in [0.25, 0.3) is 0 Å². The second-order valence-corrected chi connectivity index (χ2v) is 7.66. The highest BCUT2D eigenvalue weighted by atomic mass is 35.5. The average molecular weight is 432 g/mol. The molecule has 5 nitrogen and oxygen atoms in total. The van der Waals surface area contributed by atoms with E-state index < -0.39 is 0 Å². The SMILES string of the molecule is Cc1ccc(Cl)cc1NC(=O)c1cn(Cc2ccccc2)nc1OCc1ccccc1. The van der Waals surface area contributed by atoms with Gasteiger partial charge < -0.3 is 10.1 Å². The van der Waals surface area contributed by atoms with Crippen molar-refractivity contribution in [1.82, 2.24) is 9.78 Å². The van der Waals surface area contributed by atoms with Crippen LogP contribution >= 0.6 is 11.6 Å². The average Bonchev–Trinajstić information content (AvgIpc) is 3.19. The summed E-state index contributed by atoms with van der Waals surface area (Å²) in [4.78, 5) is 13.1. The molecule has 1 N–H and O–H groups in total. The summed E-state index contributed by atoms with van der Waals surface area (Å²) in [6, 6.07) is 25.1. The van der Waals surface area contributed by atoms with Gasteiger partial charge in [0.15, 0.2) is 0 Å². The number of rotatable bonds is 7. The fraction of sp³-hybridized carbons (Fsp3) is 0.120. The Kier molecular flexibility index (Phi) is 6.34. The van der Waals surface area contributed by atoms with Crippen LogP contribution in [-0.2, 0) is 13.2 Å². The van der Waals surface area contributed by atoms with Crippen molar-refractivity contribution in [3.63, 3.8) is 0 Å². The van der Waals surface area contributed by atoms with Crippen LogP contribution in [0, 0.1) is 6.92 Å². The number of amides is 1. The minimum Gasteiger partial charge on any atom is -0.471 e. The fourth-order valence-electron chi connectivity index (χ4n) is 3.16. The summed E-state index contributed by atoms with van der Waals surface area (Å²) in [7, 11) is 0. The summed E-state index contributed by atoms with van der Waals surface area (Å²) >= 11 is 6.10. The van der Waals surface area contributed by atoms with Crippen molar-refractivity contribution >= 4 is 23.2 Å². The monoisotopic (exact) mass is 431 g/mol. The van der Waals surface area contributed by atoms with E-state index in [4.69, 9.17) is 16.3 Å². The zero-order valence-corrected chi connectivity index (χ0v) is 17.8. The summed E-state index contributed by atoms with van der Waals surface area (Å²) < 4.78 is 7.65. The molecule has 0 unspecified atom stereocenters. The van der Waals surface area contributed by atoms with Crippen LogP contribution in [0.5, 0.6) is 5.88 Å². The van der Waals surface area contributed by atoms with Crippen LogP contribution < -0.4 is 10.1 Å². The van der Waals surface area contributed by atoms with Crippen LogP contribution in [-0.4, -0.2) is 15.7 Å². The Morgan fingerprint density at radius 1 is 1.00 bits per heavy atom. The molecule has 4 aromatic rings. The highest BCUT2D eigenvalue weighted by molar-refractivity contribution is 6.31. The van der Waals surface area contributed by atoms with Crippen molar-refractivity contribution < 1.29 is 9.53 Å². The molecule has 0 saturated heterocycles. The third kappa shape index (κ3) is 5.32. The number of carbonyl (C=O) groups excluding carboxylic acids is 1. The maximum absolute atomic E-state index is 13.1. The highest BCUT2D eigenvalue weighted by Crippen LogP contribution is 2.24. The highest BCUT2D eigenvalue weighted by Gasteiger charge is 2.19. The van der Waals surface area contributed by atoms with Crippen molar-refractivity contribution in [3.8, 4) is 5.88 Å². The zero-order chi connectivity index (χ0) is 21.6. The van der Waals surface area contributed by atoms with E-state index in [1.807, 2.05) is 73.7 Å². The number of nitrogens with zero attached hydrogens (tertiary/aromatic N) is 2.